The Hall–Kier alpha value is -1.40. The van der Waals surface area contributed by atoms with Gasteiger partial charge in [-0.15, -0.1) is 0 Å². The van der Waals surface area contributed by atoms with Crippen LogP contribution in [0.1, 0.15) is 81.6 Å². The minimum atomic E-state index is -1.46. The maximum Gasteiger partial charge on any atom is 0.410 e. The van der Waals surface area contributed by atoms with Crippen LogP contribution in [-0.4, -0.2) is 41.0 Å². The van der Waals surface area contributed by atoms with Crippen molar-refractivity contribution >= 4 is 17.2 Å². The third-order valence-corrected chi connectivity index (χ3v) is 4.18. The van der Waals surface area contributed by atoms with E-state index in [1.807, 2.05) is 68.4 Å². The molecule has 0 aliphatic rings. The Morgan fingerprint density at radius 3 is 2.07 bits per heavy atom. The number of amides is 1. The fourth-order valence-electron chi connectivity index (χ4n) is 1.73. The molecule has 172 valence electrons. The molecule has 29 heavy (non-hydrogen) atoms. The lowest BCUT2D eigenvalue weighted by atomic mass is 10.2. The zero-order valence-corrected chi connectivity index (χ0v) is 21.3. The van der Waals surface area contributed by atoms with E-state index in [-0.39, 0.29) is 6.09 Å². The van der Waals surface area contributed by atoms with Gasteiger partial charge < -0.3 is 9.64 Å². The lowest BCUT2D eigenvalue weighted by Crippen LogP contribution is -2.34. The molecule has 0 saturated carbocycles. The van der Waals surface area contributed by atoms with Crippen molar-refractivity contribution < 1.29 is 17.9 Å². The molecule has 0 aromatic rings. The first-order chi connectivity index (χ1) is 13.6. The summed E-state index contributed by atoms with van der Waals surface area (Å²) in [6, 6.07) is 0. The molecule has 0 spiro atoms. The molecule has 1 atom stereocenters. The van der Waals surface area contributed by atoms with Gasteiger partial charge in [0.1, 0.15) is 5.60 Å². The number of unbranched alkanes of at least 4 members (excludes halogenated alkanes) is 2. The largest absolute Gasteiger partial charge is 0.444 e. The van der Waals surface area contributed by atoms with Crippen molar-refractivity contribution in [2.45, 2.75) is 87.2 Å². The fourth-order valence-corrected chi connectivity index (χ4v) is 2.51. The van der Waals surface area contributed by atoms with Crippen LogP contribution >= 0.6 is 0 Å². The topological polar surface area (TPSA) is 55.8 Å². The molecule has 0 radical (unpaired) electrons. The molecule has 5 nitrogen and oxygen atoms in total. The van der Waals surface area contributed by atoms with Gasteiger partial charge in [0.2, 0.25) is 0 Å². The Morgan fingerprint density at radius 1 is 1.07 bits per heavy atom. The van der Waals surface area contributed by atoms with Crippen molar-refractivity contribution in [3.05, 3.63) is 35.3 Å². The maximum atomic E-state index is 12.0. The summed E-state index contributed by atoms with van der Waals surface area (Å²) in [6.45, 7) is 22.1. The third kappa shape index (κ3) is 21.1. The minimum absolute atomic E-state index is 0.313. The van der Waals surface area contributed by atoms with Gasteiger partial charge in [-0.05, 0) is 60.0 Å². The summed E-state index contributed by atoms with van der Waals surface area (Å²) in [6.07, 6.45) is 7.54. The summed E-state index contributed by atoms with van der Waals surface area (Å²) in [5, 5.41) is 0. The van der Waals surface area contributed by atoms with Crippen molar-refractivity contribution in [1.82, 2.24) is 4.90 Å². The molecule has 1 unspecified atom stereocenters. The molecule has 0 rings (SSSR count). The van der Waals surface area contributed by atoms with Crippen LogP contribution in [0.15, 0.2) is 35.3 Å². The van der Waals surface area contributed by atoms with Gasteiger partial charge in [0.15, 0.2) is 11.1 Å². The fraction of sp³-hybridized carbons (Fsp3) is 0.696. The van der Waals surface area contributed by atoms with Crippen molar-refractivity contribution in [2.24, 2.45) is 0 Å². The Morgan fingerprint density at radius 2 is 1.62 bits per heavy atom. The first-order valence-corrected chi connectivity index (χ1v) is 11.6. The average Bonchev–Trinajstić information content (AvgIpc) is 2.66. The van der Waals surface area contributed by atoms with E-state index >= 15 is 0 Å². The van der Waals surface area contributed by atoms with Crippen molar-refractivity contribution in [2.75, 3.05) is 20.2 Å². The van der Waals surface area contributed by atoms with Crippen molar-refractivity contribution in [3.8, 4) is 0 Å². The molecule has 6 heteroatoms. The van der Waals surface area contributed by atoms with E-state index in [2.05, 4.69) is 6.58 Å². The number of nitrogens with zero attached hydrogens (tertiary/aromatic N) is 1. The highest BCUT2D eigenvalue weighted by molar-refractivity contribution is 7.84. The SMILES string of the molecule is C=C(C)/C=C\C(=C/C)S(=O)OCCCCCN(C)C(=O)OC(C)(C)C.CC.CC. The van der Waals surface area contributed by atoms with E-state index in [4.69, 9.17) is 8.92 Å². The van der Waals surface area contributed by atoms with Gasteiger partial charge in [-0.1, -0.05) is 52.0 Å². The van der Waals surface area contributed by atoms with Crippen LogP contribution in [0.4, 0.5) is 4.79 Å². The number of allylic oxidation sites excluding steroid dienone is 4. The smallest absolute Gasteiger partial charge is 0.410 e. The van der Waals surface area contributed by atoms with Crippen LogP contribution in [-0.2, 0) is 20.0 Å². The van der Waals surface area contributed by atoms with Crippen LogP contribution < -0.4 is 0 Å². The number of carbonyl (C=O) groups excluding carboxylic acids is 1. The Bertz CT molecular complexity index is 519. The van der Waals surface area contributed by atoms with Crippen LogP contribution in [0, 0.1) is 0 Å². The summed E-state index contributed by atoms with van der Waals surface area (Å²) >= 11 is -1.46. The quantitative estimate of drug-likeness (QED) is 0.282. The first kappa shape index (κ1) is 32.3. The molecular weight excluding hydrogens is 386 g/mol. The van der Waals surface area contributed by atoms with Gasteiger partial charge in [-0.2, -0.15) is 0 Å². The molecular formula is C23H45NO4S. The Kier molecular flexibility index (Phi) is 22.1. The second-order valence-corrected chi connectivity index (χ2v) is 8.07. The van der Waals surface area contributed by atoms with Crippen LogP contribution in [0.25, 0.3) is 0 Å². The molecule has 0 fully saturated rings. The summed E-state index contributed by atoms with van der Waals surface area (Å²) in [7, 11) is 1.73. The van der Waals surface area contributed by atoms with E-state index < -0.39 is 16.7 Å². The average molecular weight is 432 g/mol. The van der Waals surface area contributed by atoms with Gasteiger partial charge in [-0.25, -0.2) is 9.00 Å². The Labute approximate surface area is 182 Å². The monoisotopic (exact) mass is 431 g/mol. The number of hydrogen-bond donors (Lipinski definition) is 0. The highest BCUT2D eigenvalue weighted by atomic mass is 32.2. The predicted molar refractivity (Wildman–Crippen MR) is 127 cm³/mol. The molecule has 0 bridgehead atoms. The highest BCUT2D eigenvalue weighted by Crippen LogP contribution is 2.11. The molecule has 0 saturated heterocycles. The van der Waals surface area contributed by atoms with E-state index in [0.717, 1.165) is 24.8 Å². The first-order valence-electron chi connectivity index (χ1n) is 10.6. The van der Waals surface area contributed by atoms with Gasteiger partial charge in [0.05, 0.1) is 11.5 Å². The molecule has 1 amide bonds. The molecule has 0 heterocycles. The molecule has 0 aromatic heterocycles. The van der Waals surface area contributed by atoms with E-state index in [1.165, 1.54) is 0 Å². The number of rotatable bonds is 10. The standard InChI is InChI=1S/C19H33NO4S.2C2H6/c1-8-17(13-12-16(2)3)25(22)23-15-11-9-10-14-20(7)18(21)24-19(4,5)6;2*1-2/h8,12-13H,2,9-11,14-15H2,1,3-7H3;2*1-2H3/b13-12-,17-8+;;. The molecule has 0 aliphatic heterocycles. The molecule has 0 N–H and O–H groups in total. The zero-order chi connectivity index (χ0) is 23.5. The predicted octanol–water partition coefficient (Wildman–Crippen LogP) is 6.79. The second-order valence-electron chi connectivity index (χ2n) is 6.89. The number of hydrogen-bond acceptors (Lipinski definition) is 4. The summed E-state index contributed by atoms with van der Waals surface area (Å²) < 4.78 is 22.7. The number of ether oxygens (including phenoxy) is 1. The molecule has 0 aromatic carbocycles. The lowest BCUT2D eigenvalue weighted by molar-refractivity contribution is 0.0296. The minimum Gasteiger partial charge on any atom is -0.444 e. The van der Waals surface area contributed by atoms with Crippen molar-refractivity contribution in [1.29, 1.82) is 0 Å². The highest BCUT2D eigenvalue weighted by Gasteiger charge is 2.19. The number of carbonyl (C=O) groups is 1. The molecule has 0 aliphatic carbocycles. The summed E-state index contributed by atoms with van der Waals surface area (Å²) in [4.78, 5) is 14.0. The van der Waals surface area contributed by atoms with Gasteiger partial charge in [0, 0.05) is 13.6 Å². The third-order valence-electron chi connectivity index (χ3n) is 3.04. The van der Waals surface area contributed by atoms with E-state index in [0.29, 0.717) is 18.1 Å². The van der Waals surface area contributed by atoms with Gasteiger partial charge in [0.25, 0.3) is 0 Å². The van der Waals surface area contributed by atoms with Gasteiger partial charge in [-0.3, -0.25) is 4.18 Å². The van der Waals surface area contributed by atoms with E-state index in [9.17, 15) is 9.00 Å². The van der Waals surface area contributed by atoms with Crippen molar-refractivity contribution in [3.63, 3.8) is 0 Å². The maximum absolute atomic E-state index is 12.0. The van der Waals surface area contributed by atoms with Crippen LogP contribution in [0.5, 0.6) is 0 Å². The normalized spacial score (nSPS) is 12.3. The van der Waals surface area contributed by atoms with Crippen LogP contribution in [0.3, 0.4) is 0 Å². The van der Waals surface area contributed by atoms with Crippen LogP contribution in [0.2, 0.25) is 0 Å². The summed E-state index contributed by atoms with van der Waals surface area (Å²) in [5.41, 5.74) is 0.414. The second kappa shape index (κ2) is 19.9. The lowest BCUT2D eigenvalue weighted by Gasteiger charge is -2.24. The van der Waals surface area contributed by atoms with Gasteiger partial charge >= 0.3 is 6.09 Å². The Balaban J connectivity index is -0.00000158. The zero-order valence-electron chi connectivity index (χ0n) is 20.5. The summed E-state index contributed by atoms with van der Waals surface area (Å²) in [5.74, 6) is 0. The van der Waals surface area contributed by atoms with E-state index in [1.54, 1.807) is 24.1 Å².